The van der Waals surface area contributed by atoms with E-state index in [0.717, 1.165) is 19.3 Å². The summed E-state index contributed by atoms with van der Waals surface area (Å²) in [6.07, 6.45) is 2.72. The maximum absolute atomic E-state index is 3.08. The van der Waals surface area contributed by atoms with Crippen molar-refractivity contribution in [2.24, 2.45) is 0 Å². The molecule has 3 heteroatoms. The fraction of sp³-hybridized carbons (Fsp3) is 0.0769. The lowest BCUT2D eigenvalue weighted by Crippen LogP contribution is -2.79. The summed E-state index contributed by atoms with van der Waals surface area (Å²) in [5.41, 5.74) is 13.7. The Labute approximate surface area is 248 Å². The van der Waals surface area contributed by atoms with Gasteiger partial charge in [0, 0.05) is 29.2 Å². The average molecular weight is 555 g/mol. The lowest BCUT2D eigenvalue weighted by molar-refractivity contribution is 1.11. The molecule has 3 heterocycles. The van der Waals surface area contributed by atoms with Gasteiger partial charge in [-0.3, -0.25) is 0 Å². The van der Waals surface area contributed by atoms with Crippen LogP contribution in [0.1, 0.15) is 33.4 Å². The van der Waals surface area contributed by atoms with Crippen LogP contribution in [0.5, 0.6) is 0 Å². The monoisotopic (exact) mass is 554 g/mol. The van der Waals surface area contributed by atoms with Crippen molar-refractivity contribution in [2.75, 3.05) is 9.13 Å². The van der Waals surface area contributed by atoms with Gasteiger partial charge in [-0.15, -0.1) is 0 Å². The van der Waals surface area contributed by atoms with Crippen molar-refractivity contribution < 1.29 is 0 Å². The Morgan fingerprint density at radius 1 is 0.310 bits per heavy atom. The molecule has 0 radical (unpaired) electrons. The van der Waals surface area contributed by atoms with Crippen LogP contribution in [0.4, 0.5) is 22.7 Å². The maximum Gasteiger partial charge on any atom is 0.341 e. The number of hydrogen-bond acceptors (Lipinski definition) is 2. The zero-order chi connectivity index (χ0) is 27.7. The fourth-order valence-electron chi connectivity index (χ4n) is 7.84. The van der Waals surface area contributed by atoms with Crippen LogP contribution in [0.15, 0.2) is 146 Å². The molecule has 3 aliphatic heterocycles. The zero-order valence-electron chi connectivity index (χ0n) is 23.4. The van der Waals surface area contributed by atoms with Crippen LogP contribution in [-0.4, -0.2) is 8.40 Å². The highest BCUT2D eigenvalue weighted by Crippen LogP contribution is 2.49. The van der Waals surface area contributed by atoms with E-state index in [-0.39, 0.29) is 0 Å². The molecule has 0 aliphatic carbocycles. The molecule has 0 unspecified atom stereocenters. The summed E-state index contributed by atoms with van der Waals surface area (Å²) in [5, 5.41) is 2.94. The molecule has 42 heavy (non-hydrogen) atoms. The van der Waals surface area contributed by atoms with E-state index < -0.39 is 8.40 Å². The van der Waals surface area contributed by atoms with Crippen molar-refractivity contribution in [3.63, 3.8) is 0 Å². The van der Waals surface area contributed by atoms with Gasteiger partial charge in [0.2, 0.25) is 0 Å². The lowest BCUT2D eigenvalue weighted by atomic mass is 9.99. The van der Waals surface area contributed by atoms with E-state index in [0.29, 0.717) is 0 Å². The summed E-state index contributed by atoms with van der Waals surface area (Å²) >= 11 is 0. The van der Waals surface area contributed by atoms with Crippen LogP contribution >= 0.6 is 0 Å². The van der Waals surface area contributed by atoms with Crippen molar-refractivity contribution in [1.29, 1.82) is 0 Å². The van der Waals surface area contributed by atoms with E-state index in [9.17, 15) is 0 Å². The molecule has 2 nitrogen and oxygen atoms in total. The number of anilines is 4. The van der Waals surface area contributed by atoms with E-state index in [1.165, 1.54) is 66.5 Å². The van der Waals surface area contributed by atoms with Gasteiger partial charge in [0.1, 0.15) is 0 Å². The second-order valence-corrected chi connectivity index (χ2v) is 15.0. The van der Waals surface area contributed by atoms with E-state index in [2.05, 4.69) is 155 Å². The number of para-hydroxylation sites is 4. The number of nitrogens with zero attached hydrogens (tertiary/aromatic N) is 2. The van der Waals surface area contributed by atoms with Gasteiger partial charge in [-0.1, -0.05) is 121 Å². The number of fused-ring (bicyclic) bond motifs is 10. The first-order chi connectivity index (χ1) is 20.8. The number of hydrogen-bond donors (Lipinski definition) is 0. The third-order valence-electron chi connectivity index (χ3n) is 9.51. The van der Waals surface area contributed by atoms with E-state index >= 15 is 0 Å². The minimum Gasteiger partial charge on any atom is -0.343 e. The molecule has 0 aromatic heterocycles. The van der Waals surface area contributed by atoms with Crippen molar-refractivity contribution in [1.82, 2.24) is 0 Å². The van der Waals surface area contributed by atoms with Crippen molar-refractivity contribution >= 4 is 41.5 Å². The third-order valence-corrected chi connectivity index (χ3v) is 14.2. The van der Waals surface area contributed by atoms with Crippen LogP contribution in [0.25, 0.3) is 0 Å². The highest BCUT2D eigenvalue weighted by atomic mass is 28.3. The molecular formula is C39H30N2Si. The molecule has 0 atom stereocenters. The molecule has 6 aromatic carbocycles. The smallest absolute Gasteiger partial charge is 0.341 e. The van der Waals surface area contributed by atoms with Gasteiger partial charge in [-0.05, 0) is 80.9 Å². The molecule has 9 rings (SSSR count). The van der Waals surface area contributed by atoms with Gasteiger partial charge in [-0.2, -0.15) is 0 Å². The molecule has 0 saturated heterocycles. The summed E-state index contributed by atoms with van der Waals surface area (Å²) in [5.74, 6) is 0. The fourth-order valence-corrected chi connectivity index (χ4v) is 13.5. The normalized spacial score (nSPS) is 15.4. The topological polar surface area (TPSA) is 6.48 Å². The first kappa shape index (κ1) is 23.8. The molecule has 0 fully saturated rings. The molecule has 200 valence electrons. The summed E-state index contributed by atoms with van der Waals surface area (Å²) in [6.45, 7) is 0. The SMILES string of the molecule is c1ccc2c(c1)Cc1ccccc1N1c3ccccc3Cc3ccccc3[Si]13c1ccccc1Cc1ccccc1N23. The summed E-state index contributed by atoms with van der Waals surface area (Å²) < 4.78 is 5.67. The summed E-state index contributed by atoms with van der Waals surface area (Å²) in [7, 11) is -3.08. The Morgan fingerprint density at radius 3 is 0.929 bits per heavy atom. The molecule has 3 aliphatic rings. The summed E-state index contributed by atoms with van der Waals surface area (Å²) in [6, 6.07) is 55.3. The Hall–Kier alpha value is -4.86. The van der Waals surface area contributed by atoms with Gasteiger partial charge in [0.15, 0.2) is 0 Å². The first-order valence-electron chi connectivity index (χ1n) is 14.9. The predicted molar refractivity (Wildman–Crippen MR) is 176 cm³/mol. The second kappa shape index (κ2) is 9.07. The van der Waals surface area contributed by atoms with Gasteiger partial charge >= 0.3 is 8.40 Å². The molecule has 1 spiro atoms. The quantitative estimate of drug-likeness (QED) is 0.178. The minimum absolute atomic E-state index is 0.886. The number of benzene rings is 6. The average Bonchev–Trinajstić information content (AvgIpc) is 3.24. The van der Waals surface area contributed by atoms with Crippen LogP contribution in [-0.2, 0) is 19.3 Å². The Kier molecular flexibility index (Phi) is 5.14. The summed E-state index contributed by atoms with van der Waals surface area (Å²) in [4.78, 5) is 0. The predicted octanol–water partition coefficient (Wildman–Crippen LogP) is 7.63. The van der Waals surface area contributed by atoms with Crippen molar-refractivity contribution in [2.45, 2.75) is 19.3 Å². The highest BCUT2D eigenvalue weighted by Gasteiger charge is 2.57. The third kappa shape index (κ3) is 3.20. The standard InChI is InChI=1S/C39H30N2Si/c1-7-19-34-28(13-1)25-29-14-2-8-20-35(29)41-37-22-10-4-16-31(37)27-33-18-6-12-24-39(33)42(41)38-23-11-5-17-32(38)26-30-15-3-9-21-36(30)40(34)42/h1-24H,25-27H2. The molecule has 6 aromatic rings. The van der Waals surface area contributed by atoms with E-state index in [1.54, 1.807) is 0 Å². The molecule has 0 amide bonds. The lowest BCUT2D eigenvalue weighted by Gasteiger charge is -2.53. The molecule has 0 N–H and O–H groups in total. The molecule has 0 saturated carbocycles. The van der Waals surface area contributed by atoms with E-state index in [1.807, 2.05) is 0 Å². The first-order valence-corrected chi connectivity index (χ1v) is 16.8. The Morgan fingerprint density at radius 2 is 0.571 bits per heavy atom. The minimum atomic E-state index is -3.08. The largest absolute Gasteiger partial charge is 0.343 e. The molecular weight excluding hydrogens is 525 g/mol. The van der Waals surface area contributed by atoms with Gasteiger partial charge in [0.05, 0.1) is 0 Å². The van der Waals surface area contributed by atoms with Crippen LogP contribution in [0.2, 0.25) is 0 Å². The number of rotatable bonds is 0. The Bertz CT molecular complexity index is 1870. The van der Waals surface area contributed by atoms with Crippen LogP contribution in [0, 0.1) is 0 Å². The van der Waals surface area contributed by atoms with Crippen molar-refractivity contribution in [3.8, 4) is 0 Å². The van der Waals surface area contributed by atoms with Crippen molar-refractivity contribution in [3.05, 3.63) is 179 Å². The van der Waals surface area contributed by atoms with Gasteiger partial charge < -0.3 is 9.13 Å². The van der Waals surface area contributed by atoms with E-state index in [4.69, 9.17) is 0 Å². The second-order valence-electron chi connectivity index (χ2n) is 11.7. The van der Waals surface area contributed by atoms with Crippen LogP contribution in [0.3, 0.4) is 0 Å². The molecule has 0 bridgehead atoms. The maximum atomic E-state index is 2.83. The Balaban J connectivity index is 1.58. The van der Waals surface area contributed by atoms with Gasteiger partial charge in [-0.25, -0.2) is 0 Å². The van der Waals surface area contributed by atoms with Crippen LogP contribution < -0.4 is 19.5 Å². The highest BCUT2D eigenvalue weighted by molar-refractivity contribution is 7.09. The van der Waals surface area contributed by atoms with Gasteiger partial charge in [0.25, 0.3) is 0 Å². The zero-order valence-corrected chi connectivity index (χ0v) is 24.4.